The molecule has 1 aromatic heterocycles. The van der Waals surface area contributed by atoms with Gasteiger partial charge in [0, 0.05) is 13.0 Å². The Morgan fingerprint density at radius 3 is 2.56 bits per heavy atom. The minimum atomic E-state index is -0.640. The molecule has 25 heavy (non-hydrogen) atoms. The molecule has 3 rings (SSSR count). The van der Waals surface area contributed by atoms with E-state index in [1.165, 1.54) is 25.7 Å². The molecular formula is C20H30N2O3. The molecule has 0 amide bonds. The first-order valence-corrected chi connectivity index (χ1v) is 9.60. The molecule has 0 bridgehead atoms. The fourth-order valence-electron chi connectivity index (χ4n) is 4.41. The van der Waals surface area contributed by atoms with Crippen LogP contribution in [0.4, 0.5) is 0 Å². The summed E-state index contributed by atoms with van der Waals surface area (Å²) in [6.45, 7) is 5.80. The van der Waals surface area contributed by atoms with Crippen LogP contribution in [0.25, 0.3) is 0 Å². The summed E-state index contributed by atoms with van der Waals surface area (Å²) >= 11 is 0. The topological polar surface area (TPSA) is 62.7 Å². The van der Waals surface area contributed by atoms with Gasteiger partial charge in [0.25, 0.3) is 0 Å². The van der Waals surface area contributed by atoms with E-state index in [0.717, 1.165) is 43.9 Å². The minimum Gasteiger partial charge on any atom is -0.492 e. The number of aliphatic carboxylic acids is 1. The highest BCUT2D eigenvalue weighted by atomic mass is 16.5. The van der Waals surface area contributed by atoms with E-state index in [-0.39, 0.29) is 0 Å². The zero-order chi connectivity index (χ0) is 17.7. The normalized spacial score (nSPS) is 21.3. The highest BCUT2D eigenvalue weighted by Crippen LogP contribution is 2.47. The molecule has 1 aliphatic carbocycles. The van der Waals surface area contributed by atoms with Gasteiger partial charge in [0.15, 0.2) is 0 Å². The van der Waals surface area contributed by atoms with Gasteiger partial charge in [0.1, 0.15) is 5.75 Å². The van der Waals surface area contributed by atoms with E-state index in [1.807, 2.05) is 19.2 Å². The second kappa shape index (κ2) is 8.17. The maximum absolute atomic E-state index is 10.9. The summed E-state index contributed by atoms with van der Waals surface area (Å²) in [5.41, 5.74) is 1.57. The van der Waals surface area contributed by atoms with Crippen molar-refractivity contribution in [2.24, 2.45) is 11.3 Å². The van der Waals surface area contributed by atoms with E-state index in [9.17, 15) is 4.79 Å². The number of carbonyl (C=O) groups is 1. The quantitative estimate of drug-likeness (QED) is 0.850. The number of piperidine rings is 1. The van der Waals surface area contributed by atoms with Crippen LogP contribution in [-0.4, -0.2) is 40.7 Å². The Hall–Kier alpha value is -1.62. The zero-order valence-electron chi connectivity index (χ0n) is 15.2. The largest absolute Gasteiger partial charge is 0.492 e. The molecule has 1 saturated heterocycles. The van der Waals surface area contributed by atoms with E-state index in [1.54, 1.807) is 0 Å². The molecule has 0 unspecified atom stereocenters. The molecule has 2 heterocycles. The molecule has 0 atom stereocenters. The van der Waals surface area contributed by atoms with Crippen LogP contribution in [0.3, 0.4) is 0 Å². The lowest BCUT2D eigenvalue weighted by atomic mass is 9.65. The number of nitrogens with zero attached hydrogens (tertiary/aromatic N) is 2. The second-order valence-corrected chi connectivity index (χ2v) is 7.74. The van der Waals surface area contributed by atoms with Gasteiger partial charge in [-0.3, -0.25) is 14.7 Å². The summed E-state index contributed by atoms with van der Waals surface area (Å²) < 4.78 is 5.45. The number of carboxylic acid groups (broad SMARTS) is 1. The highest BCUT2D eigenvalue weighted by molar-refractivity contribution is 5.67. The van der Waals surface area contributed by atoms with Crippen LogP contribution in [0.5, 0.6) is 5.75 Å². The number of hydrogen-bond donors (Lipinski definition) is 1. The Kier molecular flexibility index (Phi) is 5.94. The Morgan fingerprint density at radius 2 is 2.00 bits per heavy atom. The van der Waals surface area contributed by atoms with Crippen LogP contribution in [0.15, 0.2) is 18.3 Å². The number of hydrogen-bond acceptors (Lipinski definition) is 4. The van der Waals surface area contributed by atoms with Gasteiger partial charge >= 0.3 is 5.97 Å². The van der Waals surface area contributed by atoms with Crippen molar-refractivity contribution < 1.29 is 14.6 Å². The lowest BCUT2D eigenvalue weighted by Gasteiger charge is -2.46. The van der Waals surface area contributed by atoms with E-state index in [4.69, 9.17) is 9.84 Å². The Balaban J connectivity index is 1.45. The minimum absolute atomic E-state index is 0.353. The summed E-state index contributed by atoms with van der Waals surface area (Å²) in [4.78, 5) is 17.9. The Bertz CT molecular complexity index is 555. The van der Waals surface area contributed by atoms with E-state index >= 15 is 0 Å². The number of ether oxygens (including phenoxy) is 1. The molecule has 1 aromatic rings. The van der Waals surface area contributed by atoms with Crippen molar-refractivity contribution in [3.63, 3.8) is 0 Å². The second-order valence-electron chi connectivity index (χ2n) is 7.74. The summed E-state index contributed by atoms with van der Waals surface area (Å²) in [5.74, 6) is 0.592. The van der Waals surface area contributed by atoms with Crippen molar-refractivity contribution in [3.05, 3.63) is 24.0 Å². The fourth-order valence-corrected chi connectivity index (χ4v) is 4.41. The van der Waals surface area contributed by atoms with Crippen LogP contribution < -0.4 is 4.74 Å². The van der Waals surface area contributed by atoms with Crippen molar-refractivity contribution >= 4 is 5.97 Å². The third kappa shape index (κ3) is 4.94. The molecule has 1 aliphatic heterocycles. The van der Waals surface area contributed by atoms with Gasteiger partial charge in [-0.1, -0.05) is 0 Å². The third-order valence-electron chi connectivity index (χ3n) is 6.04. The molecule has 2 aliphatic rings. The average molecular weight is 346 g/mol. The van der Waals surface area contributed by atoms with Gasteiger partial charge in [-0.25, -0.2) is 0 Å². The standard InChI is InChI=1S/C20H30N2O3/c1-2-25-18-4-3-17(21-14-18)15-22-11-9-20(10-12-22)7-5-16(6-8-20)13-19(23)24/h3-4,14,16H,2,5-13,15H2,1H3,(H,23,24). The molecule has 1 spiro atoms. The van der Waals surface area contributed by atoms with Crippen molar-refractivity contribution in [3.8, 4) is 5.75 Å². The van der Waals surface area contributed by atoms with Crippen molar-refractivity contribution in [2.45, 2.75) is 58.4 Å². The zero-order valence-corrected chi connectivity index (χ0v) is 15.2. The van der Waals surface area contributed by atoms with Gasteiger partial charge < -0.3 is 9.84 Å². The van der Waals surface area contributed by atoms with Crippen LogP contribution in [0.2, 0.25) is 0 Å². The number of carboxylic acids is 1. The molecule has 0 aromatic carbocycles. The third-order valence-corrected chi connectivity index (χ3v) is 6.04. The lowest BCUT2D eigenvalue weighted by molar-refractivity contribution is -0.138. The first-order chi connectivity index (χ1) is 12.1. The monoisotopic (exact) mass is 346 g/mol. The fraction of sp³-hybridized carbons (Fsp3) is 0.700. The molecule has 2 fully saturated rings. The van der Waals surface area contributed by atoms with Gasteiger partial charge in [-0.2, -0.15) is 0 Å². The van der Waals surface area contributed by atoms with E-state index in [0.29, 0.717) is 24.4 Å². The molecule has 0 radical (unpaired) electrons. The van der Waals surface area contributed by atoms with Crippen LogP contribution >= 0.6 is 0 Å². The van der Waals surface area contributed by atoms with Crippen LogP contribution in [-0.2, 0) is 11.3 Å². The van der Waals surface area contributed by atoms with E-state index in [2.05, 4.69) is 16.0 Å². The van der Waals surface area contributed by atoms with Crippen LogP contribution in [0.1, 0.15) is 57.6 Å². The molecular weight excluding hydrogens is 316 g/mol. The first kappa shape index (κ1) is 18.2. The summed E-state index contributed by atoms with van der Waals surface area (Å²) in [5, 5.41) is 8.97. The van der Waals surface area contributed by atoms with Gasteiger partial charge in [0.05, 0.1) is 18.5 Å². The van der Waals surface area contributed by atoms with Crippen molar-refractivity contribution in [1.82, 2.24) is 9.88 Å². The predicted octanol–water partition coefficient (Wildman–Crippen LogP) is 3.73. The van der Waals surface area contributed by atoms with Crippen LogP contribution in [0, 0.1) is 11.3 Å². The van der Waals surface area contributed by atoms with Crippen molar-refractivity contribution in [1.29, 1.82) is 0 Å². The van der Waals surface area contributed by atoms with Gasteiger partial charge in [-0.15, -0.1) is 0 Å². The predicted molar refractivity (Wildman–Crippen MR) is 96.6 cm³/mol. The number of rotatable bonds is 6. The van der Waals surface area contributed by atoms with Crippen molar-refractivity contribution in [2.75, 3.05) is 19.7 Å². The SMILES string of the molecule is CCOc1ccc(CN2CCC3(CCC(CC(=O)O)CC3)CC2)nc1. The first-order valence-electron chi connectivity index (χ1n) is 9.60. The Labute approximate surface area is 150 Å². The Morgan fingerprint density at radius 1 is 1.28 bits per heavy atom. The van der Waals surface area contributed by atoms with Gasteiger partial charge in [-0.05, 0) is 82.0 Å². The summed E-state index contributed by atoms with van der Waals surface area (Å²) in [6, 6.07) is 4.06. The maximum atomic E-state index is 10.9. The molecule has 138 valence electrons. The average Bonchev–Trinajstić information content (AvgIpc) is 2.61. The summed E-state index contributed by atoms with van der Waals surface area (Å²) in [6.07, 6.45) is 9.24. The molecule has 5 nitrogen and oxygen atoms in total. The summed E-state index contributed by atoms with van der Waals surface area (Å²) in [7, 11) is 0. The number of likely N-dealkylation sites (tertiary alicyclic amines) is 1. The lowest BCUT2D eigenvalue weighted by Crippen LogP contribution is -2.41. The smallest absolute Gasteiger partial charge is 0.303 e. The molecule has 1 saturated carbocycles. The van der Waals surface area contributed by atoms with Gasteiger partial charge in [0.2, 0.25) is 0 Å². The van der Waals surface area contributed by atoms with E-state index < -0.39 is 5.97 Å². The maximum Gasteiger partial charge on any atom is 0.303 e. The molecule has 5 heteroatoms. The highest BCUT2D eigenvalue weighted by Gasteiger charge is 2.38. The number of pyridine rings is 1. The molecule has 1 N–H and O–H groups in total. The number of aromatic nitrogens is 1.